The highest BCUT2D eigenvalue weighted by Gasteiger charge is 2.13. The molecule has 1 aromatic carbocycles. The Morgan fingerprint density at radius 3 is 3.00 bits per heavy atom. The molecule has 1 aromatic rings. The molecule has 0 spiro atoms. The Bertz CT molecular complexity index is 366. The third-order valence-electron chi connectivity index (χ3n) is 2.98. The number of halogens is 2. The molecule has 0 bridgehead atoms. The molecule has 1 aliphatic rings. The molecule has 1 fully saturated rings. The average molecular weight is 258 g/mol. The van der Waals surface area contributed by atoms with Gasteiger partial charge < -0.3 is 10.1 Å². The molecule has 1 aliphatic heterocycles. The second-order valence-corrected chi connectivity index (χ2v) is 4.79. The van der Waals surface area contributed by atoms with E-state index in [0.717, 1.165) is 26.0 Å². The predicted octanol–water partition coefficient (Wildman–Crippen LogP) is 3.14. The first kappa shape index (κ1) is 12.8. The van der Waals surface area contributed by atoms with Crippen molar-refractivity contribution in [2.45, 2.75) is 31.9 Å². The van der Waals surface area contributed by atoms with Gasteiger partial charge in [-0.25, -0.2) is 4.39 Å². The maximum atomic E-state index is 13.5. The number of ether oxygens (including phenoxy) is 1. The van der Waals surface area contributed by atoms with E-state index in [-0.39, 0.29) is 11.9 Å². The molecular formula is C13H17ClFNO. The summed E-state index contributed by atoms with van der Waals surface area (Å²) in [6.07, 6.45) is 3.75. The molecule has 17 heavy (non-hydrogen) atoms. The molecule has 1 atom stereocenters. The lowest BCUT2D eigenvalue weighted by molar-refractivity contribution is 0.0167. The van der Waals surface area contributed by atoms with Crippen LogP contribution in [0.25, 0.3) is 0 Å². The number of hydrogen-bond acceptors (Lipinski definition) is 2. The molecule has 2 nitrogen and oxygen atoms in total. The van der Waals surface area contributed by atoms with Gasteiger partial charge in [0, 0.05) is 30.3 Å². The minimum Gasteiger partial charge on any atom is -0.377 e. The number of nitrogens with one attached hydrogen (secondary N) is 1. The summed E-state index contributed by atoms with van der Waals surface area (Å²) in [5.41, 5.74) is 0.644. The smallest absolute Gasteiger partial charge is 0.129 e. The molecule has 0 radical (unpaired) electrons. The van der Waals surface area contributed by atoms with Gasteiger partial charge in [-0.2, -0.15) is 0 Å². The van der Waals surface area contributed by atoms with Crippen LogP contribution in [0.1, 0.15) is 24.8 Å². The van der Waals surface area contributed by atoms with E-state index in [0.29, 0.717) is 17.1 Å². The minimum absolute atomic E-state index is 0.255. The van der Waals surface area contributed by atoms with Gasteiger partial charge in [0.05, 0.1) is 6.10 Å². The Balaban J connectivity index is 1.77. The maximum Gasteiger partial charge on any atom is 0.129 e. The van der Waals surface area contributed by atoms with Crippen LogP contribution in [0, 0.1) is 5.82 Å². The largest absolute Gasteiger partial charge is 0.377 e. The van der Waals surface area contributed by atoms with Crippen LogP contribution in [0.3, 0.4) is 0 Å². The highest BCUT2D eigenvalue weighted by molar-refractivity contribution is 6.30. The van der Waals surface area contributed by atoms with Crippen molar-refractivity contribution in [1.29, 1.82) is 0 Å². The Hall–Kier alpha value is -0.640. The molecule has 0 aromatic heterocycles. The van der Waals surface area contributed by atoms with Crippen molar-refractivity contribution >= 4 is 11.6 Å². The topological polar surface area (TPSA) is 21.3 Å². The summed E-state index contributed by atoms with van der Waals surface area (Å²) in [7, 11) is 0. The van der Waals surface area contributed by atoms with Gasteiger partial charge in [0.2, 0.25) is 0 Å². The third-order valence-corrected chi connectivity index (χ3v) is 3.21. The first-order valence-electron chi connectivity index (χ1n) is 6.02. The van der Waals surface area contributed by atoms with Gasteiger partial charge in [0.1, 0.15) is 5.82 Å². The summed E-state index contributed by atoms with van der Waals surface area (Å²) in [4.78, 5) is 0. The number of benzene rings is 1. The average Bonchev–Trinajstić information content (AvgIpc) is 2.33. The van der Waals surface area contributed by atoms with Crippen LogP contribution < -0.4 is 5.32 Å². The van der Waals surface area contributed by atoms with Gasteiger partial charge in [-0.1, -0.05) is 17.7 Å². The molecule has 0 saturated carbocycles. The Kier molecular flexibility index (Phi) is 4.77. The van der Waals surface area contributed by atoms with E-state index in [1.54, 1.807) is 12.1 Å². The molecule has 0 aliphatic carbocycles. The van der Waals surface area contributed by atoms with Crippen LogP contribution in [0.2, 0.25) is 5.02 Å². The van der Waals surface area contributed by atoms with Gasteiger partial charge in [0.25, 0.3) is 0 Å². The van der Waals surface area contributed by atoms with E-state index in [1.807, 2.05) is 0 Å². The lowest BCUT2D eigenvalue weighted by atomic mass is 10.1. The van der Waals surface area contributed by atoms with Crippen LogP contribution in [0.15, 0.2) is 18.2 Å². The second kappa shape index (κ2) is 6.34. The lowest BCUT2D eigenvalue weighted by Gasteiger charge is -2.22. The summed E-state index contributed by atoms with van der Waals surface area (Å²) in [6, 6.07) is 4.76. The zero-order valence-corrected chi connectivity index (χ0v) is 10.5. The second-order valence-electron chi connectivity index (χ2n) is 4.36. The number of rotatable bonds is 4. The normalized spacial score (nSPS) is 20.5. The first-order valence-corrected chi connectivity index (χ1v) is 6.40. The van der Waals surface area contributed by atoms with E-state index >= 15 is 0 Å². The van der Waals surface area contributed by atoms with Crippen molar-refractivity contribution in [3.63, 3.8) is 0 Å². The highest BCUT2D eigenvalue weighted by atomic mass is 35.5. The van der Waals surface area contributed by atoms with Crippen molar-refractivity contribution in [1.82, 2.24) is 5.32 Å². The Morgan fingerprint density at radius 2 is 2.29 bits per heavy atom. The standard InChI is InChI=1S/C13H17ClFNO/c14-11-5-4-10(13(15)7-11)8-16-9-12-3-1-2-6-17-12/h4-5,7,12,16H,1-3,6,8-9H2. The quantitative estimate of drug-likeness (QED) is 0.895. The number of hydrogen-bond donors (Lipinski definition) is 1. The minimum atomic E-state index is -0.255. The van der Waals surface area contributed by atoms with Crippen LogP contribution in [0.5, 0.6) is 0 Å². The van der Waals surface area contributed by atoms with Crippen molar-refractivity contribution in [2.75, 3.05) is 13.2 Å². The molecule has 1 heterocycles. The highest BCUT2D eigenvalue weighted by Crippen LogP contribution is 2.15. The molecule has 94 valence electrons. The fourth-order valence-electron chi connectivity index (χ4n) is 2.00. The zero-order chi connectivity index (χ0) is 12.1. The van der Waals surface area contributed by atoms with Gasteiger partial charge in [-0.05, 0) is 31.4 Å². The summed E-state index contributed by atoms with van der Waals surface area (Å²) >= 11 is 5.69. The molecule has 1 N–H and O–H groups in total. The van der Waals surface area contributed by atoms with Crippen molar-refractivity contribution in [3.05, 3.63) is 34.6 Å². The molecule has 0 amide bonds. The summed E-state index contributed by atoms with van der Waals surface area (Å²) in [5.74, 6) is -0.255. The van der Waals surface area contributed by atoms with E-state index in [1.165, 1.54) is 12.5 Å². The van der Waals surface area contributed by atoms with Crippen molar-refractivity contribution in [3.8, 4) is 0 Å². The SMILES string of the molecule is Fc1cc(Cl)ccc1CNCC1CCCCO1. The van der Waals surface area contributed by atoms with Gasteiger partial charge in [-0.15, -0.1) is 0 Å². The summed E-state index contributed by atoms with van der Waals surface area (Å²) < 4.78 is 19.0. The first-order chi connectivity index (χ1) is 8.25. The summed E-state index contributed by atoms with van der Waals surface area (Å²) in [5, 5.41) is 3.66. The van der Waals surface area contributed by atoms with E-state index in [4.69, 9.17) is 16.3 Å². The molecule has 1 saturated heterocycles. The maximum absolute atomic E-state index is 13.5. The third kappa shape index (κ3) is 3.95. The molecule has 1 unspecified atom stereocenters. The monoisotopic (exact) mass is 257 g/mol. The van der Waals surface area contributed by atoms with Gasteiger partial charge in [0.15, 0.2) is 0 Å². The fraction of sp³-hybridized carbons (Fsp3) is 0.538. The van der Waals surface area contributed by atoms with Crippen molar-refractivity contribution in [2.24, 2.45) is 0 Å². The van der Waals surface area contributed by atoms with Crippen LogP contribution in [-0.2, 0) is 11.3 Å². The lowest BCUT2D eigenvalue weighted by Crippen LogP contribution is -2.31. The predicted molar refractivity (Wildman–Crippen MR) is 66.7 cm³/mol. The Labute approximate surface area is 106 Å². The van der Waals surface area contributed by atoms with Crippen LogP contribution >= 0.6 is 11.6 Å². The van der Waals surface area contributed by atoms with Gasteiger partial charge in [-0.3, -0.25) is 0 Å². The molecule has 2 rings (SSSR count). The fourth-order valence-corrected chi connectivity index (χ4v) is 2.16. The van der Waals surface area contributed by atoms with E-state index in [2.05, 4.69) is 5.32 Å². The van der Waals surface area contributed by atoms with Crippen molar-refractivity contribution < 1.29 is 9.13 Å². The Morgan fingerprint density at radius 1 is 1.41 bits per heavy atom. The van der Waals surface area contributed by atoms with Gasteiger partial charge >= 0.3 is 0 Å². The zero-order valence-electron chi connectivity index (χ0n) is 9.72. The molecular weight excluding hydrogens is 241 g/mol. The van der Waals surface area contributed by atoms with E-state index < -0.39 is 0 Å². The van der Waals surface area contributed by atoms with Crippen LogP contribution in [0.4, 0.5) is 4.39 Å². The molecule has 4 heteroatoms. The van der Waals surface area contributed by atoms with E-state index in [9.17, 15) is 4.39 Å². The van der Waals surface area contributed by atoms with Crippen LogP contribution in [-0.4, -0.2) is 19.3 Å². The summed E-state index contributed by atoms with van der Waals surface area (Å²) in [6.45, 7) is 2.15.